The fourth-order valence-corrected chi connectivity index (χ4v) is 3.16. The van der Waals surface area contributed by atoms with Crippen LogP contribution in [0.1, 0.15) is 41.8 Å². The number of aromatic nitrogens is 4. The second-order valence-corrected chi connectivity index (χ2v) is 6.39. The summed E-state index contributed by atoms with van der Waals surface area (Å²) in [6, 6.07) is 3.54. The van der Waals surface area contributed by atoms with Crippen molar-refractivity contribution in [3.05, 3.63) is 47.4 Å². The lowest BCUT2D eigenvalue weighted by Gasteiger charge is -2.38. The third-order valence-electron chi connectivity index (χ3n) is 4.76. The summed E-state index contributed by atoms with van der Waals surface area (Å²) in [5.41, 5.74) is 2.64. The van der Waals surface area contributed by atoms with E-state index in [1.54, 1.807) is 17.3 Å². The summed E-state index contributed by atoms with van der Waals surface area (Å²) in [7, 11) is 0. The molecule has 0 aromatic carbocycles. The smallest absolute Gasteiger partial charge is 0.249 e. The number of aryl methyl sites for hydroxylation is 2. The van der Waals surface area contributed by atoms with Gasteiger partial charge in [0.05, 0.1) is 5.69 Å². The fraction of sp³-hybridized carbons (Fsp3) is 0.389. The standard InChI is InChI=1S/C18H19N5O3/c1-11-14(12(2)25-21-11)5-6-16(24)23-9-7-15(23)18-20-17(22-26-18)13-4-3-8-19-10-13/h3-4,8,10,15H,5-7,9H2,1-2H3/t15-/m0/s1. The molecule has 0 unspecified atom stereocenters. The molecule has 8 nitrogen and oxygen atoms in total. The minimum atomic E-state index is -0.148. The summed E-state index contributed by atoms with van der Waals surface area (Å²) < 4.78 is 10.5. The van der Waals surface area contributed by atoms with Crippen molar-refractivity contribution in [1.82, 2.24) is 25.2 Å². The number of amides is 1. The number of carbonyl (C=O) groups is 1. The van der Waals surface area contributed by atoms with Gasteiger partial charge in [0.15, 0.2) is 0 Å². The number of nitrogens with zero attached hydrogens (tertiary/aromatic N) is 5. The van der Waals surface area contributed by atoms with Gasteiger partial charge in [-0.25, -0.2) is 0 Å². The average molecular weight is 353 g/mol. The van der Waals surface area contributed by atoms with Crippen molar-refractivity contribution < 1.29 is 13.8 Å². The van der Waals surface area contributed by atoms with E-state index in [0.29, 0.717) is 31.1 Å². The van der Waals surface area contributed by atoms with E-state index in [1.807, 2.05) is 26.0 Å². The summed E-state index contributed by atoms with van der Waals surface area (Å²) in [5.74, 6) is 1.81. The molecule has 3 aromatic rings. The van der Waals surface area contributed by atoms with E-state index >= 15 is 0 Å². The molecule has 134 valence electrons. The highest BCUT2D eigenvalue weighted by molar-refractivity contribution is 5.77. The Bertz CT molecular complexity index is 899. The van der Waals surface area contributed by atoms with Crippen molar-refractivity contribution in [2.24, 2.45) is 0 Å². The Morgan fingerprint density at radius 3 is 2.85 bits per heavy atom. The lowest BCUT2D eigenvalue weighted by molar-refractivity contribution is -0.140. The van der Waals surface area contributed by atoms with Crippen LogP contribution in [0, 0.1) is 13.8 Å². The molecule has 4 rings (SSSR count). The monoisotopic (exact) mass is 353 g/mol. The van der Waals surface area contributed by atoms with Crippen LogP contribution in [0.5, 0.6) is 0 Å². The zero-order valence-electron chi connectivity index (χ0n) is 14.7. The first-order valence-electron chi connectivity index (χ1n) is 8.58. The highest BCUT2D eigenvalue weighted by atomic mass is 16.5. The van der Waals surface area contributed by atoms with Gasteiger partial charge in [0.25, 0.3) is 0 Å². The Kier molecular flexibility index (Phi) is 4.24. The molecule has 1 saturated heterocycles. The minimum absolute atomic E-state index is 0.0716. The van der Waals surface area contributed by atoms with E-state index in [2.05, 4.69) is 20.3 Å². The van der Waals surface area contributed by atoms with Crippen LogP contribution in [0.25, 0.3) is 11.4 Å². The maximum atomic E-state index is 12.6. The molecule has 0 saturated carbocycles. The van der Waals surface area contributed by atoms with Crippen molar-refractivity contribution in [2.75, 3.05) is 6.54 Å². The van der Waals surface area contributed by atoms with E-state index in [0.717, 1.165) is 29.0 Å². The van der Waals surface area contributed by atoms with Gasteiger partial charge in [-0.3, -0.25) is 9.78 Å². The zero-order chi connectivity index (χ0) is 18.1. The number of rotatable bonds is 5. The summed E-state index contributed by atoms with van der Waals surface area (Å²) in [5, 5.41) is 7.94. The molecule has 0 aliphatic carbocycles. The van der Waals surface area contributed by atoms with Crippen LogP contribution in [0.2, 0.25) is 0 Å². The molecular weight excluding hydrogens is 334 g/mol. The molecule has 1 atom stereocenters. The zero-order valence-corrected chi connectivity index (χ0v) is 14.7. The van der Waals surface area contributed by atoms with Crippen molar-refractivity contribution in [3.63, 3.8) is 0 Å². The molecule has 26 heavy (non-hydrogen) atoms. The van der Waals surface area contributed by atoms with E-state index in [-0.39, 0.29) is 11.9 Å². The second kappa shape index (κ2) is 6.70. The molecule has 3 aromatic heterocycles. The Balaban J connectivity index is 1.41. The minimum Gasteiger partial charge on any atom is -0.361 e. The molecule has 1 aliphatic rings. The first-order valence-corrected chi connectivity index (χ1v) is 8.58. The summed E-state index contributed by atoms with van der Waals surface area (Å²) in [6.07, 6.45) is 5.22. The Labute approximate surface area is 150 Å². The molecular formula is C18H19N5O3. The number of pyridine rings is 1. The summed E-state index contributed by atoms with van der Waals surface area (Å²) in [4.78, 5) is 22.9. The number of hydrogen-bond acceptors (Lipinski definition) is 7. The van der Waals surface area contributed by atoms with Gasteiger partial charge in [0, 0.05) is 36.5 Å². The van der Waals surface area contributed by atoms with Crippen LogP contribution in [0.15, 0.2) is 33.6 Å². The molecule has 1 aliphatic heterocycles. The molecule has 0 spiro atoms. The predicted octanol–water partition coefficient (Wildman–Crippen LogP) is 2.64. The maximum Gasteiger partial charge on any atom is 0.249 e. The highest BCUT2D eigenvalue weighted by Gasteiger charge is 2.37. The summed E-state index contributed by atoms with van der Waals surface area (Å²) >= 11 is 0. The Morgan fingerprint density at radius 1 is 1.31 bits per heavy atom. The van der Waals surface area contributed by atoms with E-state index in [9.17, 15) is 4.79 Å². The number of hydrogen-bond donors (Lipinski definition) is 0. The third-order valence-corrected chi connectivity index (χ3v) is 4.76. The molecule has 0 radical (unpaired) electrons. The van der Waals surface area contributed by atoms with Gasteiger partial charge in [-0.05, 0) is 38.8 Å². The lowest BCUT2D eigenvalue weighted by Crippen LogP contribution is -2.45. The van der Waals surface area contributed by atoms with E-state index < -0.39 is 0 Å². The Morgan fingerprint density at radius 2 is 2.19 bits per heavy atom. The van der Waals surface area contributed by atoms with E-state index in [1.165, 1.54) is 0 Å². The van der Waals surface area contributed by atoms with Crippen LogP contribution >= 0.6 is 0 Å². The number of carbonyl (C=O) groups excluding carboxylic acids is 1. The quantitative estimate of drug-likeness (QED) is 0.695. The van der Waals surface area contributed by atoms with Gasteiger partial charge in [0.2, 0.25) is 17.6 Å². The topological polar surface area (TPSA) is 98.2 Å². The van der Waals surface area contributed by atoms with Gasteiger partial charge < -0.3 is 13.9 Å². The summed E-state index contributed by atoms with van der Waals surface area (Å²) in [6.45, 7) is 4.46. The van der Waals surface area contributed by atoms with Crippen LogP contribution in [0.4, 0.5) is 0 Å². The second-order valence-electron chi connectivity index (χ2n) is 6.39. The number of likely N-dealkylation sites (tertiary alicyclic amines) is 1. The van der Waals surface area contributed by atoms with Crippen LogP contribution < -0.4 is 0 Å². The van der Waals surface area contributed by atoms with Crippen molar-refractivity contribution in [2.45, 2.75) is 39.2 Å². The molecule has 8 heteroatoms. The van der Waals surface area contributed by atoms with Crippen LogP contribution in [-0.2, 0) is 11.2 Å². The first-order chi connectivity index (χ1) is 12.6. The van der Waals surface area contributed by atoms with Gasteiger partial charge in [-0.1, -0.05) is 10.3 Å². The molecule has 4 heterocycles. The predicted molar refractivity (Wildman–Crippen MR) is 90.9 cm³/mol. The fourth-order valence-electron chi connectivity index (χ4n) is 3.16. The Hall–Kier alpha value is -3.03. The lowest BCUT2D eigenvalue weighted by atomic mass is 10.0. The van der Waals surface area contributed by atoms with Gasteiger partial charge in [0.1, 0.15) is 11.8 Å². The SMILES string of the molecule is Cc1noc(C)c1CCC(=O)N1CC[C@H]1c1nc(-c2cccnc2)no1. The van der Waals surface area contributed by atoms with Gasteiger partial charge in [-0.15, -0.1) is 0 Å². The molecule has 0 N–H and O–H groups in total. The van der Waals surface area contributed by atoms with Crippen molar-refractivity contribution >= 4 is 5.91 Å². The highest BCUT2D eigenvalue weighted by Crippen LogP contribution is 2.34. The first kappa shape index (κ1) is 16.4. The van der Waals surface area contributed by atoms with Gasteiger partial charge in [-0.2, -0.15) is 4.98 Å². The van der Waals surface area contributed by atoms with Crippen LogP contribution in [0.3, 0.4) is 0 Å². The largest absolute Gasteiger partial charge is 0.361 e. The maximum absolute atomic E-state index is 12.6. The third kappa shape index (κ3) is 2.98. The normalized spacial score (nSPS) is 16.5. The van der Waals surface area contributed by atoms with Crippen molar-refractivity contribution in [1.29, 1.82) is 0 Å². The van der Waals surface area contributed by atoms with Crippen molar-refractivity contribution in [3.8, 4) is 11.4 Å². The molecule has 1 fully saturated rings. The molecule has 1 amide bonds. The molecule has 0 bridgehead atoms. The average Bonchev–Trinajstić information content (AvgIpc) is 3.21. The van der Waals surface area contributed by atoms with Crippen LogP contribution in [-0.4, -0.2) is 37.6 Å². The van der Waals surface area contributed by atoms with Gasteiger partial charge >= 0.3 is 0 Å². The van der Waals surface area contributed by atoms with E-state index in [4.69, 9.17) is 9.05 Å².